The van der Waals surface area contributed by atoms with Crippen LogP contribution in [-0.4, -0.2) is 0 Å². The monoisotopic (exact) mass is 330 g/mol. The minimum atomic E-state index is -0.653. The van der Waals surface area contributed by atoms with E-state index in [0.29, 0.717) is 0 Å². The Bertz CT molecular complexity index is 584. The van der Waals surface area contributed by atoms with Gasteiger partial charge in [-0.25, -0.2) is 8.78 Å². The van der Waals surface area contributed by atoms with E-state index in [2.05, 4.69) is 15.9 Å². The van der Waals surface area contributed by atoms with Gasteiger partial charge in [-0.05, 0) is 24.6 Å². The highest BCUT2D eigenvalue weighted by Crippen LogP contribution is 2.35. The molecule has 0 N–H and O–H groups in total. The summed E-state index contributed by atoms with van der Waals surface area (Å²) in [5.74, 6) is -1.24. The first-order valence-corrected chi connectivity index (χ1v) is 6.57. The predicted molar refractivity (Wildman–Crippen MR) is 72.9 cm³/mol. The lowest BCUT2D eigenvalue weighted by Crippen LogP contribution is -1.99. The summed E-state index contributed by atoms with van der Waals surface area (Å²) in [6, 6.07) is 9.09. The molecule has 1 unspecified atom stereocenters. The van der Waals surface area contributed by atoms with Crippen molar-refractivity contribution in [2.45, 2.75) is 12.3 Å². The van der Waals surface area contributed by atoms with Crippen LogP contribution in [0.1, 0.15) is 22.1 Å². The van der Waals surface area contributed by atoms with E-state index in [1.807, 2.05) is 25.1 Å². The standard InChI is InChI=1S/C14H10BrClF2/c1-8-2-5-12(15)11(6-8)14(16)10-4-3-9(17)7-13(10)18/h2-7,14H,1H3. The van der Waals surface area contributed by atoms with E-state index in [4.69, 9.17) is 11.6 Å². The van der Waals surface area contributed by atoms with Crippen LogP contribution in [0.2, 0.25) is 0 Å². The molecule has 1 atom stereocenters. The fraction of sp³-hybridized carbons (Fsp3) is 0.143. The minimum Gasteiger partial charge on any atom is -0.207 e. The molecule has 0 aliphatic carbocycles. The molecule has 0 aromatic heterocycles. The second-order valence-corrected chi connectivity index (χ2v) is 5.34. The maximum atomic E-state index is 13.7. The van der Waals surface area contributed by atoms with Gasteiger partial charge in [-0.1, -0.05) is 39.7 Å². The molecule has 0 heterocycles. The highest BCUT2D eigenvalue weighted by molar-refractivity contribution is 9.10. The molecule has 0 nitrogen and oxygen atoms in total. The number of hydrogen-bond donors (Lipinski definition) is 0. The smallest absolute Gasteiger partial charge is 0.131 e. The third-order valence-corrected chi connectivity index (χ3v) is 3.85. The van der Waals surface area contributed by atoms with Crippen LogP contribution in [0, 0.1) is 18.6 Å². The molecule has 0 saturated heterocycles. The van der Waals surface area contributed by atoms with Crippen molar-refractivity contribution >= 4 is 27.5 Å². The molecule has 0 aliphatic rings. The molecule has 0 bridgehead atoms. The predicted octanol–water partition coefficient (Wildman–Crippen LogP) is 5.36. The van der Waals surface area contributed by atoms with E-state index < -0.39 is 17.0 Å². The van der Waals surface area contributed by atoms with Crippen LogP contribution in [0.3, 0.4) is 0 Å². The first-order valence-electron chi connectivity index (χ1n) is 5.34. The first-order chi connectivity index (χ1) is 8.49. The van der Waals surface area contributed by atoms with E-state index in [9.17, 15) is 8.78 Å². The third kappa shape index (κ3) is 2.73. The van der Waals surface area contributed by atoms with Crippen LogP contribution in [0.4, 0.5) is 8.78 Å². The number of halogens is 4. The van der Waals surface area contributed by atoms with Crippen molar-refractivity contribution < 1.29 is 8.78 Å². The molecule has 2 aromatic carbocycles. The lowest BCUT2D eigenvalue weighted by Gasteiger charge is -2.14. The van der Waals surface area contributed by atoms with Gasteiger partial charge in [-0.3, -0.25) is 0 Å². The van der Waals surface area contributed by atoms with Crippen LogP contribution in [-0.2, 0) is 0 Å². The highest BCUT2D eigenvalue weighted by Gasteiger charge is 2.18. The summed E-state index contributed by atoms with van der Waals surface area (Å²) in [4.78, 5) is 0. The maximum Gasteiger partial charge on any atom is 0.131 e. The largest absolute Gasteiger partial charge is 0.207 e. The van der Waals surface area contributed by atoms with Gasteiger partial charge < -0.3 is 0 Å². The van der Waals surface area contributed by atoms with Crippen molar-refractivity contribution in [2.75, 3.05) is 0 Å². The molecule has 0 aliphatic heterocycles. The Hall–Kier alpha value is -0.930. The Morgan fingerprint density at radius 1 is 1.06 bits per heavy atom. The van der Waals surface area contributed by atoms with Crippen molar-refractivity contribution in [3.8, 4) is 0 Å². The van der Waals surface area contributed by atoms with Crippen molar-refractivity contribution in [1.29, 1.82) is 0 Å². The quantitative estimate of drug-likeness (QED) is 0.650. The summed E-state index contributed by atoms with van der Waals surface area (Å²) in [6.07, 6.45) is 0. The number of hydrogen-bond acceptors (Lipinski definition) is 0. The molecular formula is C14H10BrClF2. The van der Waals surface area contributed by atoms with Crippen molar-refractivity contribution in [2.24, 2.45) is 0 Å². The molecule has 94 valence electrons. The van der Waals surface area contributed by atoms with E-state index in [-0.39, 0.29) is 5.56 Å². The molecule has 0 amide bonds. The number of alkyl halides is 1. The number of rotatable bonds is 2. The van der Waals surface area contributed by atoms with E-state index in [1.54, 1.807) is 0 Å². The Kier molecular flexibility index (Phi) is 4.03. The van der Waals surface area contributed by atoms with Crippen LogP contribution in [0.25, 0.3) is 0 Å². The maximum absolute atomic E-state index is 13.7. The summed E-state index contributed by atoms with van der Waals surface area (Å²) in [6.45, 7) is 1.93. The fourth-order valence-electron chi connectivity index (χ4n) is 1.73. The summed E-state index contributed by atoms with van der Waals surface area (Å²) in [5, 5.41) is -0.653. The third-order valence-electron chi connectivity index (χ3n) is 2.66. The first kappa shape index (κ1) is 13.5. The van der Waals surface area contributed by atoms with E-state index in [0.717, 1.165) is 21.7 Å². The number of benzene rings is 2. The zero-order valence-electron chi connectivity index (χ0n) is 9.55. The van der Waals surface area contributed by atoms with Crippen LogP contribution < -0.4 is 0 Å². The van der Waals surface area contributed by atoms with Crippen LogP contribution >= 0.6 is 27.5 Å². The van der Waals surface area contributed by atoms with Crippen molar-refractivity contribution in [3.63, 3.8) is 0 Å². The minimum absolute atomic E-state index is 0.268. The molecule has 18 heavy (non-hydrogen) atoms. The Morgan fingerprint density at radius 3 is 2.44 bits per heavy atom. The van der Waals surface area contributed by atoms with Gasteiger partial charge in [0.2, 0.25) is 0 Å². The van der Waals surface area contributed by atoms with Gasteiger partial charge in [0, 0.05) is 16.1 Å². The molecule has 0 spiro atoms. The average molecular weight is 332 g/mol. The van der Waals surface area contributed by atoms with E-state index >= 15 is 0 Å². The normalized spacial score (nSPS) is 12.5. The Balaban J connectivity index is 2.47. The van der Waals surface area contributed by atoms with E-state index in [1.165, 1.54) is 12.1 Å². The molecule has 0 radical (unpaired) electrons. The molecule has 2 aromatic rings. The summed E-state index contributed by atoms with van der Waals surface area (Å²) < 4.78 is 27.3. The average Bonchev–Trinajstić information content (AvgIpc) is 2.31. The molecule has 0 saturated carbocycles. The molecule has 4 heteroatoms. The van der Waals surface area contributed by atoms with Gasteiger partial charge >= 0.3 is 0 Å². The second kappa shape index (κ2) is 5.37. The highest BCUT2D eigenvalue weighted by atomic mass is 79.9. The van der Waals surface area contributed by atoms with Gasteiger partial charge in [0.05, 0.1) is 5.38 Å². The lowest BCUT2D eigenvalue weighted by molar-refractivity contribution is 0.573. The lowest BCUT2D eigenvalue weighted by atomic mass is 10.0. The SMILES string of the molecule is Cc1ccc(Br)c(C(Cl)c2ccc(F)cc2F)c1. The Morgan fingerprint density at radius 2 is 1.78 bits per heavy atom. The Labute approximate surface area is 118 Å². The molecule has 0 fully saturated rings. The second-order valence-electron chi connectivity index (χ2n) is 4.05. The molecule has 2 rings (SSSR count). The summed E-state index contributed by atoms with van der Waals surface area (Å²) >= 11 is 9.66. The summed E-state index contributed by atoms with van der Waals surface area (Å²) in [7, 11) is 0. The van der Waals surface area contributed by atoms with Crippen LogP contribution in [0.5, 0.6) is 0 Å². The zero-order valence-corrected chi connectivity index (χ0v) is 11.9. The van der Waals surface area contributed by atoms with Gasteiger partial charge in [0.25, 0.3) is 0 Å². The summed E-state index contributed by atoms with van der Waals surface area (Å²) in [5.41, 5.74) is 2.06. The fourth-order valence-corrected chi connectivity index (χ4v) is 2.70. The van der Waals surface area contributed by atoms with Gasteiger partial charge in [-0.2, -0.15) is 0 Å². The van der Waals surface area contributed by atoms with Crippen molar-refractivity contribution in [1.82, 2.24) is 0 Å². The van der Waals surface area contributed by atoms with Crippen molar-refractivity contribution in [3.05, 3.63) is 69.2 Å². The van der Waals surface area contributed by atoms with Gasteiger partial charge in [0.1, 0.15) is 11.6 Å². The topological polar surface area (TPSA) is 0 Å². The molecular weight excluding hydrogens is 322 g/mol. The van der Waals surface area contributed by atoms with Gasteiger partial charge in [-0.15, -0.1) is 11.6 Å². The zero-order chi connectivity index (χ0) is 13.3. The number of aryl methyl sites for hydroxylation is 1. The van der Waals surface area contributed by atoms with Gasteiger partial charge in [0.15, 0.2) is 0 Å². The van der Waals surface area contributed by atoms with Crippen LogP contribution in [0.15, 0.2) is 40.9 Å².